The fourth-order valence-corrected chi connectivity index (χ4v) is 3.36. The van der Waals surface area contributed by atoms with E-state index in [4.69, 9.17) is 11.6 Å². The molecule has 1 aliphatic rings. The van der Waals surface area contributed by atoms with Crippen LogP contribution in [-0.4, -0.2) is 28.1 Å². The second-order valence-electron chi connectivity index (χ2n) is 4.92. The van der Waals surface area contributed by atoms with Crippen molar-refractivity contribution in [3.8, 4) is 0 Å². The molecule has 1 fully saturated rings. The van der Waals surface area contributed by atoms with Crippen molar-refractivity contribution in [2.45, 2.75) is 56.6 Å². The lowest BCUT2D eigenvalue weighted by atomic mass is 10.1. The van der Waals surface area contributed by atoms with Gasteiger partial charge in [-0.15, -0.1) is 22.9 Å². The number of aliphatic hydroxyl groups is 1. The fourth-order valence-electron chi connectivity index (χ4n) is 2.34. The summed E-state index contributed by atoms with van der Waals surface area (Å²) in [7, 11) is 0. The summed E-state index contributed by atoms with van der Waals surface area (Å²) >= 11 is 7.13. The van der Waals surface area contributed by atoms with Gasteiger partial charge in [0.25, 0.3) is 0 Å². The fraction of sp³-hybridized carbons (Fsp3) is 0.692. The van der Waals surface area contributed by atoms with Crippen LogP contribution in [-0.2, 0) is 17.1 Å². The third-order valence-electron chi connectivity index (χ3n) is 3.37. The minimum Gasteiger partial charge on any atom is -0.391 e. The monoisotopic (exact) mass is 302 g/mol. The molecule has 106 valence electrons. The lowest BCUT2D eigenvalue weighted by Crippen LogP contribution is -2.43. The van der Waals surface area contributed by atoms with Gasteiger partial charge in [-0.1, -0.05) is 19.3 Å². The van der Waals surface area contributed by atoms with Gasteiger partial charge in [0.2, 0.25) is 5.91 Å². The van der Waals surface area contributed by atoms with E-state index in [2.05, 4.69) is 10.3 Å². The van der Waals surface area contributed by atoms with Gasteiger partial charge in [-0.25, -0.2) is 4.98 Å². The summed E-state index contributed by atoms with van der Waals surface area (Å²) in [5.41, 5.74) is 0.809. The van der Waals surface area contributed by atoms with Crippen LogP contribution in [0.15, 0.2) is 5.38 Å². The van der Waals surface area contributed by atoms with Crippen molar-refractivity contribution in [1.82, 2.24) is 10.3 Å². The second-order valence-corrected chi connectivity index (χ2v) is 6.13. The maximum atomic E-state index is 11.9. The molecule has 0 aliphatic heterocycles. The molecule has 0 aromatic carbocycles. The maximum absolute atomic E-state index is 11.9. The number of nitrogens with one attached hydrogen (secondary N) is 1. The number of aromatic nitrogens is 1. The largest absolute Gasteiger partial charge is 0.391 e. The van der Waals surface area contributed by atoms with Gasteiger partial charge in [0.15, 0.2) is 0 Å². The number of aliphatic hydroxyl groups excluding tert-OH is 1. The number of carbonyl (C=O) groups is 1. The molecule has 0 saturated heterocycles. The molecule has 1 saturated carbocycles. The molecule has 0 radical (unpaired) electrons. The zero-order valence-electron chi connectivity index (χ0n) is 10.8. The molecule has 2 rings (SSSR count). The van der Waals surface area contributed by atoms with Crippen molar-refractivity contribution in [3.63, 3.8) is 0 Å². The van der Waals surface area contributed by atoms with Gasteiger partial charge in [-0.05, 0) is 12.8 Å². The second kappa shape index (κ2) is 7.22. The van der Waals surface area contributed by atoms with Crippen molar-refractivity contribution in [2.75, 3.05) is 0 Å². The number of amides is 1. The quantitative estimate of drug-likeness (QED) is 0.662. The first-order valence-electron chi connectivity index (χ1n) is 6.65. The summed E-state index contributed by atoms with van der Waals surface area (Å²) in [6.45, 7) is 0. The van der Waals surface area contributed by atoms with E-state index in [9.17, 15) is 9.90 Å². The number of thiazole rings is 1. The van der Waals surface area contributed by atoms with Crippen molar-refractivity contribution in [2.24, 2.45) is 0 Å². The van der Waals surface area contributed by atoms with Gasteiger partial charge in [-0.2, -0.15) is 0 Å². The molecule has 0 spiro atoms. The van der Waals surface area contributed by atoms with E-state index in [0.717, 1.165) is 42.8 Å². The number of halogens is 1. The molecule has 0 bridgehead atoms. The van der Waals surface area contributed by atoms with E-state index >= 15 is 0 Å². The average molecular weight is 303 g/mol. The van der Waals surface area contributed by atoms with Crippen LogP contribution >= 0.6 is 22.9 Å². The van der Waals surface area contributed by atoms with E-state index < -0.39 is 6.10 Å². The van der Waals surface area contributed by atoms with Gasteiger partial charge >= 0.3 is 0 Å². The molecule has 2 atom stereocenters. The van der Waals surface area contributed by atoms with Crippen LogP contribution in [0.1, 0.15) is 42.8 Å². The van der Waals surface area contributed by atoms with Crippen LogP contribution in [0.5, 0.6) is 0 Å². The lowest BCUT2D eigenvalue weighted by Gasteiger charge is -2.21. The van der Waals surface area contributed by atoms with E-state index in [1.807, 2.05) is 5.38 Å². The van der Waals surface area contributed by atoms with Gasteiger partial charge in [0.05, 0.1) is 30.1 Å². The average Bonchev–Trinajstić information content (AvgIpc) is 2.74. The molecule has 1 aromatic heterocycles. The predicted molar refractivity (Wildman–Crippen MR) is 76.4 cm³/mol. The smallest absolute Gasteiger partial charge is 0.227 e. The summed E-state index contributed by atoms with van der Waals surface area (Å²) in [5, 5.41) is 15.5. The topological polar surface area (TPSA) is 62.2 Å². The molecule has 2 unspecified atom stereocenters. The van der Waals surface area contributed by atoms with E-state index in [1.54, 1.807) is 0 Å². The van der Waals surface area contributed by atoms with Crippen LogP contribution < -0.4 is 5.32 Å². The number of carbonyl (C=O) groups excluding carboxylic acids is 1. The standard InChI is InChI=1S/C13H19ClN2O2S/c14-7-9-8-19-13(15-9)6-12(18)16-10-4-2-1-3-5-11(10)17/h8,10-11,17H,1-7H2,(H,16,18). The number of rotatable bonds is 4. The summed E-state index contributed by atoms with van der Waals surface area (Å²) < 4.78 is 0. The Kier molecular flexibility index (Phi) is 5.60. The van der Waals surface area contributed by atoms with E-state index in [1.165, 1.54) is 11.3 Å². The molecular formula is C13H19ClN2O2S. The highest BCUT2D eigenvalue weighted by atomic mass is 35.5. The molecule has 1 amide bonds. The SMILES string of the molecule is O=C(Cc1nc(CCl)cs1)NC1CCCCCC1O. The van der Waals surface area contributed by atoms with Gasteiger partial charge in [0, 0.05) is 5.38 Å². The Morgan fingerprint density at radius 2 is 2.26 bits per heavy atom. The van der Waals surface area contributed by atoms with Gasteiger partial charge in [0.1, 0.15) is 5.01 Å². The molecule has 1 aromatic rings. The highest BCUT2D eigenvalue weighted by Crippen LogP contribution is 2.18. The molecule has 4 nitrogen and oxygen atoms in total. The summed E-state index contributed by atoms with van der Waals surface area (Å²) in [6, 6.07) is -0.109. The summed E-state index contributed by atoms with van der Waals surface area (Å²) in [6.07, 6.45) is 4.73. The lowest BCUT2D eigenvalue weighted by molar-refractivity contribution is -0.122. The normalized spacial score (nSPS) is 23.9. The third-order valence-corrected chi connectivity index (χ3v) is 4.55. The summed E-state index contributed by atoms with van der Waals surface area (Å²) in [5.74, 6) is 0.306. The maximum Gasteiger partial charge on any atom is 0.227 e. The Labute approximate surface area is 122 Å². The number of hydrogen-bond donors (Lipinski definition) is 2. The minimum absolute atomic E-state index is 0.0681. The van der Waals surface area contributed by atoms with Crippen molar-refractivity contribution in [1.29, 1.82) is 0 Å². The zero-order valence-corrected chi connectivity index (χ0v) is 12.3. The van der Waals surface area contributed by atoms with Crippen molar-refractivity contribution in [3.05, 3.63) is 16.1 Å². The predicted octanol–water partition coefficient (Wildman–Crippen LogP) is 2.23. The third kappa shape index (κ3) is 4.44. The molecule has 2 N–H and O–H groups in total. The summed E-state index contributed by atoms with van der Waals surface area (Å²) in [4.78, 5) is 16.2. The number of nitrogens with zero attached hydrogens (tertiary/aromatic N) is 1. The number of hydrogen-bond acceptors (Lipinski definition) is 4. The minimum atomic E-state index is -0.416. The number of alkyl halides is 1. The Morgan fingerprint density at radius 1 is 1.47 bits per heavy atom. The zero-order chi connectivity index (χ0) is 13.7. The van der Waals surface area contributed by atoms with Crippen molar-refractivity contribution < 1.29 is 9.90 Å². The highest BCUT2D eigenvalue weighted by molar-refractivity contribution is 7.09. The van der Waals surface area contributed by atoms with Crippen LogP contribution in [0.2, 0.25) is 0 Å². The first kappa shape index (κ1) is 14.8. The highest BCUT2D eigenvalue weighted by Gasteiger charge is 2.23. The molecule has 1 aliphatic carbocycles. The van der Waals surface area contributed by atoms with Crippen LogP contribution in [0.4, 0.5) is 0 Å². The van der Waals surface area contributed by atoms with E-state index in [-0.39, 0.29) is 18.4 Å². The molecule has 1 heterocycles. The molecule has 6 heteroatoms. The first-order valence-corrected chi connectivity index (χ1v) is 8.07. The molecular weight excluding hydrogens is 284 g/mol. The van der Waals surface area contributed by atoms with Crippen LogP contribution in [0.25, 0.3) is 0 Å². The molecule has 19 heavy (non-hydrogen) atoms. The van der Waals surface area contributed by atoms with Crippen LogP contribution in [0, 0.1) is 0 Å². The Balaban J connectivity index is 1.85. The Morgan fingerprint density at radius 3 is 3.00 bits per heavy atom. The van der Waals surface area contributed by atoms with Gasteiger partial charge in [-0.3, -0.25) is 4.79 Å². The van der Waals surface area contributed by atoms with Gasteiger partial charge < -0.3 is 10.4 Å². The first-order chi connectivity index (χ1) is 9.19. The van der Waals surface area contributed by atoms with Crippen LogP contribution in [0.3, 0.4) is 0 Å². The Bertz CT molecular complexity index is 425. The van der Waals surface area contributed by atoms with E-state index in [0.29, 0.717) is 5.88 Å². The Hall–Kier alpha value is -0.650. The van der Waals surface area contributed by atoms with Crippen molar-refractivity contribution >= 4 is 28.8 Å².